The first-order chi connectivity index (χ1) is 14.7. The van der Waals surface area contributed by atoms with Gasteiger partial charge in [-0.15, -0.1) is 0 Å². The largest absolute Gasteiger partial charge is 0.273 e. The Labute approximate surface area is 181 Å². The van der Waals surface area contributed by atoms with E-state index < -0.39 is 0 Å². The SMILES string of the molecule is O=C(CCCCCCCCC(=O)N/N=C\[C@H]1CC=CCC1)N/N=C\[C@@H]1CC=CCC1. The number of carbonyl (C=O) groups excluding carboxylic acids is 2. The van der Waals surface area contributed by atoms with E-state index in [0.29, 0.717) is 24.7 Å². The minimum absolute atomic E-state index is 0.000855. The smallest absolute Gasteiger partial charge is 0.240 e. The van der Waals surface area contributed by atoms with Crippen LogP contribution in [-0.4, -0.2) is 24.2 Å². The molecule has 6 nitrogen and oxygen atoms in total. The van der Waals surface area contributed by atoms with Crippen molar-refractivity contribution in [3.8, 4) is 0 Å². The minimum Gasteiger partial charge on any atom is -0.273 e. The van der Waals surface area contributed by atoms with Gasteiger partial charge in [-0.3, -0.25) is 9.59 Å². The molecule has 0 bridgehead atoms. The molecule has 2 N–H and O–H groups in total. The lowest BCUT2D eigenvalue weighted by atomic mass is 9.96. The van der Waals surface area contributed by atoms with Gasteiger partial charge in [0.15, 0.2) is 0 Å². The zero-order valence-electron chi connectivity index (χ0n) is 18.2. The molecule has 2 atom stereocenters. The van der Waals surface area contributed by atoms with Gasteiger partial charge in [0.05, 0.1) is 0 Å². The molecular formula is C24H38N4O2. The molecule has 0 heterocycles. The van der Waals surface area contributed by atoms with Crippen molar-refractivity contribution in [1.29, 1.82) is 0 Å². The highest BCUT2D eigenvalue weighted by atomic mass is 16.2. The molecule has 166 valence electrons. The molecule has 0 radical (unpaired) electrons. The van der Waals surface area contributed by atoms with Gasteiger partial charge in [0.2, 0.25) is 11.8 Å². The van der Waals surface area contributed by atoms with Gasteiger partial charge >= 0.3 is 0 Å². The monoisotopic (exact) mass is 414 g/mol. The summed E-state index contributed by atoms with van der Waals surface area (Å²) in [5, 5.41) is 8.18. The maximum Gasteiger partial charge on any atom is 0.240 e. The topological polar surface area (TPSA) is 82.9 Å². The zero-order chi connectivity index (χ0) is 21.3. The predicted molar refractivity (Wildman–Crippen MR) is 123 cm³/mol. The third-order valence-corrected chi connectivity index (χ3v) is 5.63. The summed E-state index contributed by atoms with van der Waals surface area (Å²) in [5.41, 5.74) is 5.28. The molecule has 0 aliphatic heterocycles. The molecule has 30 heavy (non-hydrogen) atoms. The van der Waals surface area contributed by atoms with Gasteiger partial charge in [0, 0.05) is 25.3 Å². The quantitative estimate of drug-likeness (QED) is 0.192. The zero-order valence-corrected chi connectivity index (χ0v) is 18.2. The van der Waals surface area contributed by atoms with E-state index in [0.717, 1.165) is 77.0 Å². The molecule has 2 amide bonds. The molecular weight excluding hydrogens is 376 g/mol. The van der Waals surface area contributed by atoms with Gasteiger partial charge in [-0.1, -0.05) is 50.0 Å². The number of unbranched alkanes of at least 4 members (excludes halogenated alkanes) is 5. The second-order valence-corrected chi connectivity index (χ2v) is 8.34. The molecule has 0 aromatic rings. The summed E-state index contributed by atoms with van der Waals surface area (Å²) in [5.74, 6) is 0.912. The molecule has 0 aromatic carbocycles. The number of amides is 2. The number of rotatable bonds is 13. The highest BCUT2D eigenvalue weighted by Gasteiger charge is 2.08. The van der Waals surface area contributed by atoms with Crippen LogP contribution in [0.25, 0.3) is 0 Å². The lowest BCUT2D eigenvalue weighted by Gasteiger charge is -2.11. The fourth-order valence-electron chi connectivity index (χ4n) is 3.72. The average Bonchev–Trinajstić information content (AvgIpc) is 2.77. The van der Waals surface area contributed by atoms with Crippen LogP contribution in [-0.2, 0) is 9.59 Å². The lowest BCUT2D eigenvalue weighted by molar-refractivity contribution is -0.122. The maximum atomic E-state index is 11.8. The third-order valence-electron chi connectivity index (χ3n) is 5.63. The van der Waals surface area contributed by atoms with Crippen LogP contribution in [0.5, 0.6) is 0 Å². The van der Waals surface area contributed by atoms with Gasteiger partial charge < -0.3 is 0 Å². The van der Waals surface area contributed by atoms with E-state index in [9.17, 15) is 9.59 Å². The summed E-state index contributed by atoms with van der Waals surface area (Å²) in [4.78, 5) is 23.6. The summed E-state index contributed by atoms with van der Waals surface area (Å²) in [6, 6.07) is 0. The van der Waals surface area contributed by atoms with Crippen LogP contribution in [0.3, 0.4) is 0 Å². The first kappa shape index (κ1) is 24.0. The Hall–Kier alpha value is -2.24. The van der Waals surface area contributed by atoms with Gasteiger partial charge in [-0.05, 0) is 63.2 Å². The van der Waals surface area contributed by atoms with E-state index in [1.54, 1.807) is 0 Å². The van der Waals surface area contributed by atoms with Crippen molar-refractivity contribution in [3.63, 3.8) is 0 Å². The number of hydrogen-bond donors (Lipinski definition) is 2. The van der Waals surface area contributed by atoms with Crippen LogP contribution in [0.2, 0.25) is 0 Å². The van der Waals surface area contributed by atoms with E-state index in [-0.39, 0.29) is 11.8 Å². The molecule has 0 saturated heterocycles. The van der Waals surface area contributed by atoms with E-state index in [2.05, 4.69) is 45.4 Å². The molecule has 0 spiro atoms. The molecule has 0 unspecified atom stereocenters. The van der Waals surface area contributed by atoms with Crippen molar-refractivity contribution in [2.45, 2.75) is 89.9 Å². The Balaban J connectivity index is 1.37. The summed E-state index contributed by atoms with van der Waals surface area (Å²) in [7, 11) is 0. The normalized spacial score (nSPS) is 21.3. The maximum absolute atomic E-state index is 11.8. The van der Waals surface area contributed by atoms with Crippen LogP contribution in [0.15, 0.2) is 34.5 Å². The minimum atomic E-state index is -0.000855. The summed E-state index contributed by atoms with van der Waals surface area (Å²) in [6.45, 7) is 0. The van der Waals surface area contributed by atoms with Gasteiger partial charge in [-0.25, -0.2) is 10.9 Å². The van der Waals surface area contributed by atoms with Crippen molar-refractivity contribution in [2.75, 3.05) is 0 Å². The predicted octanol–water partition coefficient (Wildman–Crippen LogP) is 5.02. The molecule has 2 aliphatic rings. The van der Waals surface area contributed by atoms with E-state index >= 15 is 0 Å². The molecule has 2 rings (SSSR count). The second-order valence-electron chi connectivity index (χ2n) is 8.34. The Kier molecular flexibility index (Phi) is 12.5. The summed E-state index contributed by atoms with van der Waals surface area (Å²) in [6.07, 6.45) is 26.1. The van der Waals surface area contributed by atoms with Gasteiger partial charge in [0.25, 0.3) is 0 Å². The van der Waals surface area contributed by atoms with Crippen molar-refractivity contribution in [1.82, 2.24) is 10.9 Å². The molecule has 0 saturated carbocycles. The van der Waals surface area contributed by atoms with Crippen molar-refractivity contribution in [3.05, 3.63) is 24.3 Å². The van der Waals surface area contributed by atoms with Crippen LogP contribution in [0, 0.1) is 11.8 Å². The molecule has 2 aliphatic carbocycles. The summed E-state index contributed by atoms with van der Waals surface area (Å²) >= 11 is 0. The van der Waals surface area contributed by atoms with Crippen molar-refractivity contribution < 1.29 is 9.59 Å². The number of hydrogen-bond acceptors (Lipinski definition) is 4. The average molecular weight is 415 g/mol. The molecule has 6 heteroatoms. The van der Waals surface area contributed by atoms with Crippen molar-refractivity contribution >= 4 is 24.2 Å². The number of carbonyl (C=O) groups is 2. The van der Waals surface area contributed by atoms with E-state index in [1.807, 2.05) is 12.4 Å². The van der Waals surface area contributed by atoms with Crippen LogP contribution in [0.4, 0.5) is 0 Å². The Morgan fingerprint density at radius 2 is 1.13 bits per heavy atom. The third kappa shape index (κ3) is 11.7. The first-order valence-electron chi connectivity index (χ1n) is 11.7. The highest BCUT2D eigenvalue weighted by Crippen LogP contribution is 2.16. The fourth-order valence-corrected chi connectivity index (χ4v) is 3.72. The summed E-state index contributed by atoms with van der Waals surface area (Å²) < 4.78 is 0. The van der Waals surface area contributed by atoms with E-state index in [1.165, 1.54) is 0 Å². The number of hydrazone groups is 2. The number of nitrogens with zero attached hydrogens (tertiary/aromatic N) is 2. The Bertz CT molecular complexity index is 571. The highest BCUT2D eigenvalue weighted by molar-refractivity contribution is 5.77. The fraction of sp³-hybridized carbons (Fsp3) is 0.667. The lowest BCUT2D eigenvalue weighted by Crippen LogP contribution is -2.18. The standard InChI is InChI=1S/C24H38N4O2/c29-23(27-25-19-21-13-7-5-8-14-21)17-11-3-1-2-4-12-18-24(30)28-26-20-22-15-9-6-10-16-22/h5-7,9,19-22H,1-4,8,10-18H2,(H,27,29)(H,28,30)/b25-19-,26-20-/t21-,22+. The second kappa shape index (κ2) is 15.6. The van der Waals surface area contributed by atoms with Crippen LogP contribution in [0.1, 0.15) is 89.9 Å². The Morgan fingerprint density at radius 1 is 0.700 bits per heavy atom. The number of nitrogens with one attached hydrogen (secondary N) is 2. The van der Waals surface area contributed by atoms with Gasteiger partial charge in [0.1, 0.15) is 0 Å². The Morgan fingerprint density at radius 3 is 1.53 bits per heavy atom. The van der Waals surface area contributed by atoms with E-state index in [4.69, 9.17) is 0 Å². The molecule has 0 fully saturated rings. The van der Waals surface area contributed by atoms with Gasteiger partial charge in [-0.2, -0.15) is 10.2 Å². The van der Waals surface area contributed by atoms with Crippen molar-refractivity contribution in [2.24, 2.45) is 22.0 Å². The van der Waals surface area contributed by atoms with Crippen LogP contribution < -0.4 is 10.9 Å². The first-order valence-corrected chi connectivity index (χ1v) is 11.7. The van der Waals surface area contributed by atoms with Crippen LogP contribution >= 0.6 is 0 Å². The molecule has 0 aromatic heterocycles. The number of allylic oxidation sites excluding steroid dienone is 4.